The second-order valence-corrected chi connectivity index (χ2v) is 5.25. The molecule has 2 N–H and O–H groups in total. The summed E-state index contributed by atoms with van der Waals surface area (Å²) >= 11 is 0. The lowest BCUT2D eigenvalue weighted by molar-refractivity contribution is -0.125. The van der Waals surface area contributed by atoms with Crippen LogP contribution in [0.5, 0.6) is 5.75 Å². The van der Waals surface area contributed by atoms with Crippen molar-refractivity contribution in [3.05, 3.63) is 29.3 Å². The maximum Gasteiger partial charge on any atom is 0.237 e. The topological polar surface area (TPSA) is 52.6 Å². The number of carbonyl (C=O) groups excluding carboxylic acids is 1. The number of phenols is 1. The molecule has 104 valence electrons. The van der Waals surface area contributed by atoms with E-state index in [4.69, 9.17) is 0 Å². The number of rotatable bonds is 3. The molecule has 0 spiro atoms. The highest BCUT2D eigenvalue weighted by molar-refractivity contribution is 5.81. The van der Waals surface area contributed by atoms with Crippen molar-refractivity contribution in [1.29, 1.82) is 0 Å². The molecule has 0 aliphatic carbocycles. The predicted molar refractivity (Wildman–Crippen MR) is 75.1 cm³/mol. The van der Waals surface area contributed by atoms with Gasteiger partial charge in [-0.1, -0.05) is 17.7 Å². The highest BCUT2D eigenvalue weighted by Gasteiger charge is 2.34. The Morgan fingerprint density at radius 1 is 1.53 bits per heavy atom. The summed E-state index contributed by atoms with van der Waals surface area (Å²) in [7, 11) is 1.67. The van der Waals surface area contributed by atoms with Crippen LogP contribution in [0.1, 0.15) is 36.9 Å². The highest BCUT2D eigenvalue weighted by atomic mass is 16.3. The first kappa shape index (κ1) is 13.9. The van der Waals surface area contributed by atoms with Crippen molar-refractivity contribution in [3.63, 3.8) is 0 Å². The number of benzene rings is 1. The minimum atomic E-state index is -0.0834. The van der Waals surface area contributed by atoms with Crippen molar-refractivity contribution in [2.75, 3.05) is 13.6 Å². The molecule has 1 aliphatic rings. The Kier molecular flexibility index (Phi) is 4.10. The summed E-state index contributed by atoms with van der Waals surface area (Å²) in [6, 6.07) is 5.58. The first-order chi connectivity index (χ1) is 9.04. The standard InChI is InChI=1S/C15H22N2O2/c1-10-6-7-14(18)12(9-10)11(2)17-8-4-5-13(17)15(19)16-3/h6-7,9,11,13,18H,4-5,8H2,1-3H3,(H,16,19). The summed E-state index contributed by atoms with van der Waals surface area (Å²) < 4.78 is 0. The van der Waals surface area contributed by atoms with Crippen LogP contribution in [-0.4, -0.2) is 35.5 Å². The van der Waals surface area contributed by atoms with Crippen LogP contribution in [0.2, 0.25) is 0 Å². The molecule has 1 amide bonds. The Hall–Kier alpha value is -1.55. The second-order valence-electron chi connectivity index (χ2n) is 5.25. The van der Waals surface area contributed by atoms with E-state index in [1.165, 1.54) is 0 Å². The molecule has 1 heterocycles. The van der Waals surface area contributed by atoms with E-state index in [1.54, 1.807) is 13.1 Å². The zero-order valence-electron chi connectivity index (χ0n) is 11.8. The molecule has 0 saturated carbocycles. The Labute approximate surface area is 114 Å². The lowest BCUT2D eigenvalue weighted by atomic mass is 10.0. The summed E-state index contributed by atoms with van der Waals surface area (Å²) in [6.45, 7) is 4.96. The van der Waals surface area contributed by atoms with Gasteiger partial charge in [0.2, 0.25) is 5.91 Å². The van der Waals surface area contributed by atoms with Gasteiger partial charge in [0.05, 0.1) is 6.04 Å². The Morgan fingerprint density at radius 2 is 2.26 bits per heavy atom. The summed E-state index contributed by atoms with van der Waals surface area (Å²) in [5.74, 6) is 0.372. The van der Waals surface area contributed by atoms with Crippen molar-refractivity contribution in [2.24, 2.45) is 0 Å². The summed E-state index contributed by atoms with van der Waals surface area (Å²) in [6.07, 6.45) is 1.91. The number of likely N-dealkylation sites (N-methyl/N-ethyl adjacent to an activating group) is 1. The molecule has 0 bridgehead atoms. The zero-order valence-corrected chi connectivity index (χ0v) is 11.8. The molecule has 1 aromatic carbocycles. The summed E-state index contributed by atoms with van der Waals surface area (Å²) in [4.78, 5) is 14.1. The average Bonchev–Trinajstić information content (AvgIpc) is 2.89. The van der Waals surface area contributed by atoms with Crippen LogP contribution in [0, 0.1) is 6.92 Å². The third-order valence-electron chi connectivity index (χ3n) is 3.97. The van der Waals surface area contributed by atoms with Crippen molar-refractivity contribution < 1.29 is 9.90 Å². The van der Waals surface area contributed by atoms with Gasteiger partial charge in [-0.3, -0.25) is 9.69 Å². The maximum absolute atomic E-state index is 11.9. The van der Waals surface area contributed by atoms with E-state index in [2.05, 4.69) is 17.1 Å². The molecular weight excluding hydrogens is 240 g/mol. The Balaban J connectivity index is 2.25. The number of nitrogens with one attached hydrogen (secondary N) is 1. The van der Waals surface area contributed by atoms with Gasteiger partial charge in [0.25, 0.3) is 0 Å². The molecule has 1 saturated heterocycles. The van der Waals surface area contributed by atoms with Crippen LogP contribution in [0.3, 0.4) is 0 Å². The van der Waals surface area contributed by atoms with Gasteiger partial charge in [0.15, 0.2) is 0 Å². The van der Waals surface area contributed by atoms with E-state index in [9.17, 15) is 9.90 Å². The van der Waals surface area contributed by atoms with Crippen LogP contribution in [0.25, 0.3) is 0 Å². The van der Waals surface area contributed by atoms with E-state index in [-0.39, 0.29) is 18.0 Å². The molecule has 2 atom stereocenters. The normalized spacial score (nSPS) is 21.3. The Morgan fingerprint density at radius 3 is 2.95 bits per heavy atom. The van der Waals surface area contributed by atoms with Crippen LogP contribution in [0.15, 0.2) is 18.2 Å². The number of aromatic hydroxyl groups is 1. The first-order valence-corrected chi connectivity index (χ1v) is 6.81. The zero-order chi connectivity index (χ0) is 14.0. The number of amides is 1. The molecule has 1 aliphatic heterocycles. The molecule has 1 fully saturated rings. The van der Waals surface area contributed by atoms with E-state index >= 15 is 0 Å². The van der Waals surface area contributed by atoms with Gasteiger partial charge in [0.1, 0.15) is 5.75 Å². The van der Waals surface area contributed by atoms with E-state index in [0.717, 1.165) is 30.5 Å². The average molecular weight is 262 g/mol. The van der Waals surface area contributed by atoms with Gasteiger partial charge in [-0.25, -0.2) is 0 Å². The van der Waals surface area contributed by atoms with Gasteiger partial charge in [-0.15, -0.1) is 0 Å². The van der Waals surface area contributed by atoms with E-state index < -0.39 is 0 Å². The van der Waals surface area contributed by atoms with Gasteiger partial charge in [-0.05, 0) is 39.3 Å². The van der Waals surface area contributed by atoms with Gasteiger partial charge < -0.3 is 10.4 Å². The quantitative estimate of drug-likeness (QED) is 0.875. The fourth-order valence-corrected chi connectivity index (χ4v) is 2.89. The largest absolute Gasteiger partial charge is 0.508 e. The van der Waals surface area contributed by atoms with Crippen molar-refractivity contribution in [2.45, 2.75) is 38.8 Å². The molecule has 4 heteroatoms. The second kappa shape index (κ2) is 5.61. The van der Waals surface area contributed by atoms with Crippen LogP contribution in [-0.2, 0) is 4.79 Å². The molecule has 2 unspecified atom stereocenters. The SMILES string of the molecule is CNC(=O)C1CCCN1C(C)c1cc(C)ccc1O. The van der Waals surface area contributed by atoms with E-state index in [1.807, 2.05) is 19.1 Å². The third-order valence-corrected chi connectivity index (χ3v) is 3.97. The minimum absolute atomic E-state index is 0.0460. The molecular formula is C15H22N2O2. The van der Waals surface area contributed by atoms with Gasteiger partial charge >= 0.3 is 0 Å². The van der Waals surface area contributed by atoms with Crippen molar-refractivity contribution in [1.82, 2.24) is 10.2 Å². The number of likely N-dealkylation sites (tertiary alicyclic amines) is 1. The number of carbonyl (C=O) groups is 1. The number of aryl methyl sites for hydroxylation is 1. The molecule has 0 aromatic heterocycles. The number of hydrogen-bond acceptors (Lipinski definition) is 3. The van der Waals surface area contributed by atoms with E-state index in [0.29, 0.717) is 5.75 Å². The number of nitrogens with zero attached hydrogens (tertiary/aromatic N) is 1. The van der Waals surface area contributed by atoms with Crippen LogP contribution in [0.4, 0.5) is 0 Å². The molecule has 2 rings (SSSR count). The van der Waals surface area contributed by atoms with Crippen LogP contribution >= 0.6 is 0 Å². The number of phenolic OH excluding ortho intramolecular Hbond substituents is 1. The maximum atomic E-state index is 11.9. The summed E-state index contributed by atoms with van der Waals surface area (Å²) in [5, 5.41) is 12.7. The molecule has 19 heavy (non-hydrogen) atoms. The first-order valence-electron chi connectivity index (χ1n) is 6.81. The lowest BCUT2D eigenvalue weighted by Crippen LogP contribution is -2.43. The smallest absolute Gasteiger partial charge is 0.237 e. The molecule has 1 aromatic rings. The molecule has 4 nitrogen and oxygen atoms in total. The Bertz CT molecular complexity index is 473. The monoisotopic (exact) mass is 262 g/mol. The molecule has 0 radical (unpaired) electrons. The minimum Gasteiger partial charge on any atom is -0.508 e. The lowest BCUT2D eigenvalue weighted by Gasteiger charge is -2.30. The fourth-order valence-electron chi connectivity index (χ4n) is 2.89. The van der Waals surface area contributed by atoms with Gasteiger partial charge in [0, 0.05) is 18.7 Å². The fraction of sp³-hybridized carbons (Fsp3) is 0.533. The number of hydrogen-bond donors (Lipinski definition) is 2. The predicted octanol–water partition coefficient (Wildman–Crippen LogP) is 1.97. The van der Waals surface area contributed by atoms with Crippen molar-refractivity contribution >= 4 is 5.91 Å². The van der Waals surface area contributed by atoms with Crippen molar-refractivity contribution in [3.8, 4) is 5.75 Å². The highest BCUT2D eigenvalue weighted by Crippen LogP contribution is 2.34. The third kappa shape index (κ3) is 2.73. The summed E-state index contributed by atoms with van der Waals surface area (Å²) in [5.41, 5.74) is 2.02. The van der Waals surface area contributed by atoms with Crippen LogP contribution < -0.4 is 5.32 Å². The van der Waals surface area contributed by atoms with Gasteiger partial charge in [-0.2, -0.15) is 0 Å².